The fraction of sp³-hybridized carbons (Fsp3) is 0.400. The zero-order chi connectivity index (χ0) is 13.9. The third-order valence-electron chi connectivity index (χ3n) is 3.63. The van der Waals surface area contributed by atoms with Crippen molar-refractivity contribution in [2.75, 3.05) is 12.4 Å². The Morgan fingerprint density at radius 3 is 2.85 bits per heavy atom. The lowest BCUT2D eigenvalue weighted by Crippen LogP contribution is -2.13. The summed E-state index contributed by atoms with van der Waals surface area (Å²) in [6, 6.07) is 5.47. The summed E-state index contributed by atoms with van der Waals surface area (Å²) in [5, 5.41) is 6.33. The van der Waals surface area contributed by atoms with E-state index in [1.807, 2.05) is 11.4 Å². The average Bonchev–Trinajstić information content (AvgIpc) is 3.11. The fourth-order valence-electron chi connectivity index (χ4n) is 2.54. The highest BCUT2D eigenvalue weighted by Crippen LogP contribution is 2.30. The summed E-state index contributed by atoms with van der Waals surface area (Å²) in [5.41, 5.74) is 1.58. The smallest absolute Gasteiger partial charge is 0.183 e. The van der Waals surface area contributed by atoms with Crippen LogP contribution in [0.4, 0.5) is 9.52 Å². The van der Waals surface area contributed by atoms with Crippen molar-refractivity contribution in [3.63, 3.8) is 0 Å². The highest BCUT2D eigenvalue weighted by atomic mass is 32.1. The van der Waals surface area contributed by atoms with Gasteiger partial charge in [0.25, 0.3) is 0 Å². The van der Waals surface area contributed by atoms with Crippen molar-refractivity contribution in [2.45, 2.75) is 31.7 Å². The summed E-state index contributed by atoms with van der Waals surface area (Å²) in [6.07, 6.45) is 5.01. The molecule has 5 heteroatoms. The van der Waals surface area contributed by atoms with Gasteiger partial charge < -0.3 is 10.1 Å². The van der Waals surface area contributed by atoms with Crippen molar-refractivity contribution in [2.24, 2.45) is 0 Å². The molecule has 0 saturated heterocycles. The maximum atomic E-state index is 13.7. The quantitative estimate of drug-likeness (QED) is 0.911. The van der Waals surface area contributed by atoms with E-state index in [4.69, 9.17) is 4.74 Å². The van der Waals surface area contributed by atoms with Crippen molar-refractivity contribution in [1.29, 1.82) is 0 Å². The lowest BCUT2D eigenvalue weighted by Gasteiger charge is -2.09. The van der Waals surface area contributed by atoms with Crippen LogP contribution in [-0.2, 0) is 0 Å². The minimum atomic E-state index is -0.358. The maximum Gasteiger partial charge on any atom is 0.183 e. The molecule has 1 aromatic carbocycles. The van der Waals surface area contributed by atoms with Gasteiger partial charge in [-0.2, -0.15) is 0 Å². The number of hydrogen-bond donors (Lipinski definition) is 1. The number of ether oxygens (including phenoxy) is 1. The SMILES string of the molecule is COc1ccc(-c2csc(NC3CCCC3)n2)cc1F. The van der Waals surface area contributed by atoms with Gasteiger partial charge in [-0.1, -0.05) is 12.8 Å². The molecule has 1 N–H and O–H groups in total. The molecule has 0 spiro atoms. The number of aromatic nitrogens is 1. The average molecular weight is 292 g/mol. The van der Waals surface area contributed by atoms with Crippen LogP contribution in [0.1, 0.15) is 25.7 Å². The molecule has 1 aromatic heterocycles. The third kappa shape index (κ3) is 2.77. The van der Waals surface area contributed by atoms with Crippen molar-refractivity contribution >= 4 is 16.5 Å². The van der Waals surface area contributed by atoms with Gasteiger partial charge in [-0.3, -0.25) is 0 Å². The molecule has 1 heterocycles. The Labute approximate surface area is 121 Å². The Balaban J connectivity index is 1.77. The number of nitrogens with zero attached hydrogens (tertiary/aromatic N) is 1. The molecule has 3 rings (SSSR count). The lowest BCUT2D eigenvalue weighted by molar-refractivity contribution is 0.386. The van der Waals surface area contributed by atoms with Crippen LogP contribution >= 0.6 is 11.3 Å². The molecular weight excluding hydrogens is 275 g/mol. The van der Waals surface area contributed by atoms with Crippen molar-refractivity contribution in [3.05, 3.63) is 29.4 Å². The van der Waals surface area contributed by atoms with Gasteiger partial charge in [-0.15, -0.1) is 11.3 Å². The Kier molecular flexibility index (Phi) is 3.87. The first-order chi connectivity index (χ1) is 9.76. The van der Waals surface area contributed by atoms with E-state index in [1.54, 1.807) is 17.4 Å². The Hall–Kier alpha value is -1.62. The Bertz CT molecular complexity index is 593. The van der Waals surface area contributed by atoms with E-state index in [0.29, 0.717) is 6.04 Å². The van der Waals surface area contributed by atoms with Crippen LogP contribution in [0.2, 0.25) is 0 Å². The van der Waals surface area contributed by atoms with E-state index in [0.717, 1.165) is 16.4 Å². The number of thiazole rings is 1. The highest BCUT2D eigenvalue weighted by molar-refractivity contribution is 7.14. The van der Waals surface area contributed by atoms with Crippen LogP contribution in [0.15, 0.2) is 23.6 Å². The minimum Gasteiger partial charge on any atom is -0.494 e. The lowest BCUT2D eigenvalue weighted by atomic mass is 10.1. The fourth-order valence-corrected chi connectivity index (χ4v) is 3.34. The zero-order valence-corrected chi connectivity index (χ0v) is 12.2. The normalized spacial score (nSPS) is 15.5. The van der Waals surface area contributed by atoms with E-state index in [1.165, 1.54) is 38.9 Å². The summed E-state index contributed by atoms with van der Waals surface area (Å²) in [6.45, 7) is 0. The van der Waals surface area contributed by atoms with Gasteiger partial charge in [-0.25, -0.2) is 9.37 Å². The molecule has 0 aliphatic heterocycles. The predicted octanol–water partition coefficient (Wildman–Crippen LogP) is 4.31. The Morgan fingerprint density at radius 1 is 1.35 bits per heavy atom. The molecule has 106 valence electrons. The maximum absolute atomic E-state index is 13.7. The Morgan fingerprint density at radius 2 is 2.15 bits per heavy atom. The third-order valence-corrected chi connectivity index (χ3v) is 4.41. The number of rotatable bonds is 4. The van der Waals surface area contributed by atoms with Gasteiger partial charge >= 0.3 is 0 Å². The second kappa shape index (κ2) is 5.79. The van der Waals surface area contributed by atoms with Gasteiger partial charge in [0.05, 0.1) is 12.8 Å². The van der Waals surface area contributed by atoms with Gasteiger partial charge in [0, 0.05) is 17.0 Å². The number of halogens is 1. The van der Waals surface area contributed by atoms with Crippen LogP contribution in [-0.4, -0.2) is 18.1 Å². The van der Waals surface area contributed by atoms with Gasteiger partial charge in [-0.05, 0) is 31.0 Å². The van der Waals surface area contributed by atoms with Crippen molar-refractivity contribution in [1.82, 2.24) is 4.98 Å². The molecule has 0 bridgehead atoms. The second-order valence-electron chi connectivity index (χ2n) is 5.01. The van der Waals surface area contributed by atoms with E-state index < -0.39 is 0 Å². The molecule has 0 radical (unpaired) electrons. The monoisotopic (exact) mass is 292 g/mol. The van der Waals surface area contributed by atoms with Crippen LogP contribution in [0.5, 0.6) is 5.75 Å². The first-order valence-corrected chi connectivity index (χ1v) is 7.70. The topological polar surface area (TPSA) is 34.1 Å². The van der Waals surface area contributed by atoms with E-state index in [9.17, 15) is 4.39 Å². The van der Waals surface area contributed by atoms with Gasteiger partial charge in [0.15, 0.2) is 16.7 Å². The molecular formula is C15H17FN2OS. The number of methoxy groups -OCH3 is 1. The van der Waals surface area contributed by atoms with Crippen LogP contribution in [0.25, 0.3) is 11.3 Å². The predicted molar refractivity (Wildman–Crippen MR) is 79.9 cm³/mol. The molecule has 3 nitrogen and oxygen atoms in total. The molecule has 1 aliphatic carbocycles. The zero-order valence-electron chi connectivity index (χ0n) is 11.4. The van der Waals surface area contributed by atoms with E-state index in [2.05, 4.69) is 10.3 Å². The van der Waals surface area contributed by atoms with Crippen molar-refractivity contribution < 1.29 is 9.13 Å². The summed E-state index contributed by atoms with van der Waals surface area (Å²) in [4.78, 5) is 4.54. The molecule has 1 saturated carbocycles. The number of benzene rings is 1. The molecule has 1 fully saturated rings. The molecule has 1 aliphatic rings. The molecule has 0 atom stereocenters. The standard InChI is InChI=1S/C15H17FN2OS/c1-19-14-7-6-10(8-12(14)16)13-9-20-15(18-13)17-11-4-2-3-5-11/h6-9,11H,2-5H2,1H3,(H,17,18). The van der Waals surface area contributed by atoms with Gasteiger partial charge in [0.1, 0.15) is 0 Å². The number of hydrogen-bond acceptors (Lipinski definition) is 4. The molecule has 0 unspecified atom stereocenters. The summed E-state index contributed by atoms with van der Waals surface area (Å²) in [5.74, 6) is -0.100. The van der Waals surface area contributed by atoms with Gasteiger partial charge in [0.2, 0.25) is 0 Å². The molecule has 0 amide bonds. The summed E-state index contributed by atoms with van der Waals surface area (Å²) in [7, 11) is 1.46. The second-order valence-corrected chi connectivity index (χ2v) is 5.87. The van der Waals surface area contributed by atoms with E-state index in [-0.39, 0.29) is 11.6 Å². The summed E-state index contributed by atoms with van der Waals surface area (Å²) >= 11 is 1.57. The molecule has 2 aromatic rings. The highest BCUT2D eigenvalue weighted by Gasteiger charge is 2.16. The largest absolute Gasteiger partial charge is 0.494 e. The van der Waals surface area contributed by atoms with Crippen LogP contribution in [0, 0.1) is 5.82 Å². The first kappa shape index (κ1) is 13.4. The number of anilines is 1. The van der Waals surface area contributed by atoms with Crippen LogP contribution < -0.4 is 10.1 Å². The summed E-state index contributed by atoms with van der Waals surface area (Å²) < 4.78 is 18.6. The first-order valence-electron chi connectivity index (χ1n) is 6.82. The van der Waals surface area contributed by atoms with Crippen molar-refractivity contribution in [3.8, 4) is 17.0 Å². The minimum absolute atomic E-state index is 0.258. The molecule has 20 heavy (non-hydrogen) atoms. The van der Waals surface area contributed by atoms with E-state index >= 15 is 0 Å². The number of nitrogens with one attached hydrogen (secondary N) is 1. The van der Waals surface area contributed by atoms with Crippen LogP contribution in [0.3, 0.4) is 0 Å².